The first-order chi connectivity index (χ1) is 10.2. The van der Waals surface area contributed by atoms with Crippen molar-refractivity contribution in [3.05, 3.63) is 56.7 Å². The van der Waals surface area contributed by atoms with E-state index in [0.29, 0.717) is 22.2 Å². The lowest BCUT2D eigenvalue weighted by molar-refractivity contribution is 0.102. The topological polar surface area (TPSA) is 74.8 Å². The number of carbonyl (C=O) groups excluding carboxylic acids is 1. The first-order valence-electron chi connectivity index (χ1n) is 6.87. The van der Waals surface area contributed by atoms with Gasteiger partial charge >= 0.3 is 0 Å². The summed E-state index contributed by atoms with van der Waals surface area (Å²) in [7, 11) is 0. The Morgan fingerprint density at radius 1 is 1.23 bits per heavy atom. The van der Waals surface area contributed by atoms with Gasteiger partial charge in [0.15, 0.2) is 0 Å². The zero-order valence-corrected chi connectivity index (χ0v) is 13.7. The van der Waals surface area contributed by atoms with Crippen LogP contribution >= 0.6 is 11.6 Å². The third-order valence-electron chi connectivity index (χ3n) is 3.14. The molecule has 1 amide bonds. The number of hydrogen-bond acceptors (Lipinski definition) is 3. The minimum absolute atomic E-state index is 0.0166. The lowest BCUT2D eigenvalue weighted by Crippen LogP contribution is -2.30. The third-order valence-corrected chi connectivity index (χ3v) is 3.39. The number of benzene rings is 1. The fraction of sp³-hybridized carbons (Fsp3) is 0.312. The van der Waals surface area contributed by atoms with Gasteiger partial charge < -0.3 is 10.3 Å². The van der Waals surface area contributed by atoms with E-state index in [4.69, 9.17) is 11.6 Å². The van der Waals surface area contributed by atoms with Crippen molar-refractivity contribution in [3.8, 4) is 0 Å². The summed E-state index contributed by atoms with van der Waals surface area (Å²) in [6, 6.07) is 6.66. The van der Waals surface area contributed by atoms with Crippen LogP contribution in [0.3, 0.4) is 0 Å². The summed E-state index contributed by atoms with van der Waals surface area (Å²) in [5.74, 6) is 0.0621. The zero-order valence-electron chi connectivity index (χ0n) is 13.0. The smallest absolute Gasteiger partial charge is 0.264 e. The van der Waals surface area contributed by atoms with E-state index in [2.05, 4.69) is 15.3 Å². The molecule has 116 valence electrons. The van der Waals surface area contributed by atoms with Crippen LogP contribution in [0.4, 0.5) is 5.69 Å². The normalized spacial score (nSPS) is 11.3. The molecule has 1 aromatic carbocycles. The van der Waals surface area contributed by atoms with Crippen molar-refractivity contribution >= 4 is 23.2 Å². The Kier molecular flexibility index (Phi) is 4.37. The molecule has 0 unspecified atom stereocenters. The highest BCUT2D eigenvalue weighted by Gasteiger charge is 2.22. The van der Waals surface area contributed by atoms with Crippen LogP contribution in [0, 0.1) is 6.92 Å². The van der Waals surface area contributed by atoms with Crippen molar-refractivity contribution in [1.29, 1.82) is 0 Å². The van der Waals surface area contributed by atoms with Crippen molar-refractivity contribution in [1.82, 2.24) is 9.97 Å². The monoisotopic (exact) mass is 319 g/mol. The number of hydrogen-bond donors (Lipinski definition) is 2. The maximum Gasteiger partial charge on any atom is 0.264 e. The van der Waals surface area contributed by atoms with Crippen LogP contribution in [-0.4, -0.2) is 15.9 Å². The highest BCUT2D eigenvalue weighted by molar-refractivity contribution is 6.30. The number of rotatable bonds is 2. The lowest BCUT2D eigenvalue weighted by atomic mass is 9.95. The van der Waals surface area contributed by atoms with E-state index in [9.17, 15) is 9.59 Å². The molecular weight excluding hydrogens is 302 g/mol. The maximum absolute atomic E-state index is 12.3. The number of nitrogens with one attached hydrogen (secondary N) is 2. The van der Waals surface area contributed by atoms with Crippen LogP contribution in [0.25, 0.3) is 0 Å². The zero-order chi connectivity index (χ0) is 16.5. The van der Waals surface area contributed by atoms with Crippen LogP contribution in [0.15, 0.2) is 29.1 Å². The van der Waals surface area contributed by atoms with Crippen LogP contribution in [-0.2, 0) is 5.41 Å². The van der Waals surface area contributed by atoms with Gasteiger partial charge in [0.05, 0.1) is 5.69 Å². The standard InChI is InChI=1S/C16H18ClN3O2/c1-9-12(14(22)20-15(18-9)16(2,3)4)13(21)19-11-7-5-10(17)6-8-11/h5-8H,1-4H3,(H,19,21)(H,18,20,22). The van der Waals surface area contributed by atoms with E-state index in [0.717, 1.165) is 0 Å². The molecule has 0 aliphatic rings. The van der Waals surface area contributed by atoms with Crippen molar-refractivity contribution < 1.29 is 4.79 Å². The Bertz CT molecular complexity index is 758. The highest BCUT2D eigenvalue weighted by Crippen LogP contribution is 2.18. The molecule has 0 radical (unpaired) electrons. The SMILES string of the molecule is Cc1nc(C(C)(C)C)[nH]c(=O)c1C(=O)Nc1ccc(Cl)cc1. The molecule has 2 aromatic rings. The minimum atomic E-state index is -0.492. The Morgan fingerprint density at radius 2 is 1.82 bits per heavy atom. The Balaban J connectivity index is 2.34. The molecule has 0 aliphatic carbocycles. The van der Waals surface area contributed by atoms with Crippen LogP contribution < -0.4 is 10.9 Å². The second-order valence-electron chi connectivity index (χ2n) is 6.09. The van der Waals surface area contributed by atoms with E-state index >= 15 is 0 Å². The van der Waals surface area contributed by atoms with E-state index in [-0.39, 0.29) is 11.0 Å². The molecule has 0 bridgehead atoms. The molecule has 22 heavy (non-hydrogen) atoms. The second-order valence-corrected chi connectivity index (χ2v) is 6.52. The summed E-state index contributed by atoms with van der Waals surface area (Å²) in [5.41, 5.74) is 0.245. The summed E-state index contributed by atoms with van der Waals surface area (Å²) in [6.45, 7) is 7.48. The van der Waals surface area contributed by atoms with Gasteiger partial charge in [-0.05, 0) is 31.2 Å². The van der Waals surface area contributed by atoms with Gasteiger partial charge in [-0.15, -0.1) is 0 Å². The molecule has 0 spiro atoms. The van der Waals surface area contributed by atoms with Crippen LogP contribution in [0.1, 0.15) is 42.6 Å². The molecular formula is C16H18ClN3O2. The summed E-state index contributed by atoms with van der Waals surface area (Å²) in [5, 5.41) is 3.24. The number of anilines is 1. The predicted molar refractivity (Wildman–Crippen MR) is 87.7 cm³/mol. The van der Waals surface area contributed by atoms with Crippen LogP contribution in [0.2, 0.25) is 5.02 Å². The van der Waals surface area contributed by atoms with E-state index in [1.165, 1.54) is 0 Å². The number of amides is 1. The van der Waals surface area contributed by atoms with Gasteiger partial charge in [0, 0.05) is 16.1 Å². The first kappa shape index (κ1) is 16.2. The number of aryl methyl sites for hydroxylation is 1. The lowest BCUT2D eigenvalue weighted by Gasteiger charge is -2.18. The van der Waals surface area contributed by atoms with Gasteiger partial charge in [0.25, 0.3) is 11.5 Å². The molecule has 2 N–H and O–H groups in total. The summed E-state index contributed by atoms with van der Waals surface area (Å²) < 4.78 is 0. The number of aromatic amines is 1. The molecule has 0 aliphatic heterocycles. The fourth-order valence-electron chi connectivity index (χ4n) is 1.94. The minimum Gasteiger partial charge on any atom is -0.322 e. The summed E-state index contributed by atoms with van der Waals surface area (Å²) >= 11 is 5.80. The number of H-pyrrole nitrogens is 1. The predicted octanol–water partition coefficient (Wildman–Crippen LogP) is 3.28. The molecule has 0 atom stereocenters. The maximum atomic E-state index is 12.3. The third kappa shape index (κ3) is 3.54. The van der Waals surface area contributed by atoms with Gasteiger partial charge in [0.1, 0.15) is 11.4 Å². The van der Waals surface area contributed by atoms with Crippen molar-refractivity contribution in [3.63, 3.8) is 0 Å². The summed E-state index contributed by atoms with van der Waals surface area (Å²) in [4.78, 5) is 31.5. The molecule has 0 saturated carbocycles. The van der Waals surface area contributed by atoms with Crippen molar-refractivity contribution in [2.75, 3.05) is 5.32 Å². The average Bonchev–Trinajstić information content (AvgIpc) is 2.39. The van der Waals surface area contributed by atoms with Crippen LogP contribution in [0.5, 0.6) is 0 Å². The largest absolute Gasteiger partial charge is 0.322 e. The number of carbonyl (C=O) groups is 1. The highest BCUT2D eigenvalue weighted by atomic mass is 35.5. The second kappa shape index (κ2) is 5.93. The molecule has 1 heterocycles. The van der Waals surface area contributed by atoms with Gasteiger partial charge in [0.2, 0.25) is 0 Å². The van der Waals surface area contributed by atoms with Gasteiger partial charge in [-0.3, -0.25) is 9.59 Å². The van der Waals surface area contributed by atoms with E-state index in [1.54, 1.807) is 31.2 Å². The van der Waals surface area contributed by atoms with Gasteiger partial charge in [-0.25, -0.2) is 4.98 Å². The molecule has 2 rings (SSSR count). The summed E-state index contributed by atoms with van der Waals surface area (Å²) in [6.07, 6.45) is 0. The number of aromatic nitrogens is 2. The quantitative estimate of drug-likeness (QED) is 0.892. The number of nitrogens with zero attached hydrogens (tertiary/aromatic N) is 1. The Hall–Kier alpha value is -2.14. The first-order valence-corrected chi connectivity index (χ1v) is 7.24. The molecule has 0 fully saturated rings. The Labute approximate surface area is 133 Å². The van der Waals surface area contributed by atoms with Gasteiger partial charge in [-0.2, -0.15) is 0 Å². The average molecular weight is 320 g/mol. The van der Waals surface area contributed by atoms with E-state index in [1.807, 2.05) is 20.8 Å². The molecule has 0 saturated heterocycles. The molecule has 6 heteroatoms. The Morgan fingerprint density at radius 3 is 2.32 bits per heavy atom. The number of halogens is 1. The fourth-order valence-corrected chi connectivity index (χ4v) is 2.06. The van der Waals surface area contributed by atoms with Gasteiger partial charge in [-0.1, -0.05) is 32.4 Å². The molecule has 1 aromatic heterocycles. The molecule has 5 nitrogen and oxygen atoms in total. The van der Waals surface area contributed by atoms with E-state index < -0.39 is 11.5 Å². The van der Waals surface area contributed by atoms with Crippen molar-refractivity contribution in [2.24, 2.45) is 0 Å². The van der Waals surface area contributed by atoms with Crippen molar-refractivity contribution in [2.45, 2.75) is 33.1 Å².